The normalized spacial score (nSPS) is 18.9. The molecule has 1 atom stereocenters. The van der Waals surface area contributed by atoms with E-state index in [1.54, 1.807) is 29.3 Å². The molecule has 2 aromatic heterocycles. The molecule has 0 bridgehead atoms. The molecule has 176 valence electrons. The highest BCUT2D eigenvalue weighted by atomic mass is 32.2. The summed E-state index contributed by atoms with van der Waals surface area (Å²) >= 11 is 2.38. The summed E-state index contributed by atoms with van der Waals surface area (Å²) in [7, 11) is -3.77. The molecular weight excluding hydrogens is 484 g/mol. The molecule has 4 heterocycles. The Morgan fingerprint density at radius 3 is 2.85 bits per heavy atom. The van der Waals surface area contributed by atoms with Gasteiger partial charge >= 0.3 is 6.09 Å². The lowest BCUT2D eigenvalue weighted by Gasteiger charge is -2.33. The Balaban J connectivity index is 1.56. The molecule has 0 saturated carbocycles. The van der Waals surface area contributed by atoms with Gasteiger partial charge in [0.1, 0.15) is 21.3 Å². The Hall–Kier alpha value is -2.46. The zero-order valence-electron chi connectivity index (χ0n) is 18.1. The fourth-order valence-electron chi connectivity index (χ4n) is 4.16. The first-order valence-electron chi connectivity index (χ1n) is 10.7. The molecule has 2 aliphatic heterocycles. The van der Waals surface area contributed by atoms with Crippen LogP contribution in [-0.4, -0.2) is 55.4 Å². The number of nitrogens with zero attached hydrogens (tertiary/aromatic N) is 3. The molecule has 2 aliphatic rings. The maximum Gasteiger partial charge on any atom is 0.410 e. The van der Waals surface area contributed by atoms with E-state index in [0.29, 0.717) is 42.9 Å². The zero-order valence-corrected chi connectivity index (χ0v) is 20.5. The van der Waals surface area contributed by atoms with Gasteiger partial charge in [0.05, 0.1) is 18.7 Å². The minimum Gasteiger partial charge on any atom is -0.450 e. The zero-order chi connectivity index (χ0) is 23.6. The monoisotopic (exact) mass is 508 g/mol. The number of sulfonamides is 1. The molecule has 1 N–H and O–H groups in total. The molecule has 0 spiro atoms. The number of fused-ring (bicyclic) bond motifs is 1. The number of hydrogen-bond donors (Lipinski definition) is 1. The van der Waals surface area contributed by atoms with Crippen LogP contribution < -0.4 is 5.32 Å². The van der Waals surface area contributed by atoms with Gasteiger partial charge in [-0.05, 0) is 43.2 Å². The summed E-state index contributed by atoms with van der Waals surface area (Å²) in [5, 5.41) is 14.7. The number of amides is 2. The van der Waals surface area contributed by atoms with Gasteiger partial charge in [0.2, 0.25) is 5.91 Å². The third-order valence-corrected chi connectivity index (χ3v) is 10.2. The number of nitriles is 1. The number of carbonyl (C=O) groups excluding carboxylic acids is 2. The van der Waals surface area contributed by atoms with Crippen molar-refractivity contribution in [1.29, 1.82) is 5.26 Å². The summed E-state index contributed by atoms with van der Waals surface area (Å²) in [5.41, 5.74) is 1.21. The molecule has 9 nitrogen and oxygen atoms in total. The highest BCUT2D eigenvalue weighted by Gasteiger charge is 2.39. The number of thiophene rings is 2. The standard InChI is InChI=1S/C21H24N4O5S3/c1-2-30-21(27)24-10-8-14-15(12-22)20(32-17(14)13-24)23-19(26)16-6-3-4-9-25(16)33(28,29)18-7-5-11-31-18/h5,7,11,16H,2-4,6,8-10,13H2,1H3,(H,23,26). The summed E-state index contributed by atoms with van der Waals surface area (Å²) in [6, 6.07) is 4.55. The van der Waals surface area contributed by atoms with Gasteiger partial charge < -0.3 is 15.0 Å². The van der Waals surface area contributed by atoms with Gasteiger partial charge in [0, 0.05) is 18.0 Å². The second-order valence-electron chi connectivity index (χ2n) is 7.74. The average molecular weight is 509 g/mol. The number of carbonyl (C=O) groups is 2. The predicted octanol–water partition coefficient (Wildman–Crippen LogP) is 3.38. The van der Waals surface area contributed by atoms with E-state index in [2.05, 4.69) is 11.4 Å². The van der Waals surface area contributed by atoms with Crippen LogP contribution in [0.3, 0.4) is 0 Å². The first kappa shape index (κ1) is 23.7. The number of hydrogen-bond acceptors (Lipinski definition) is 8. The molecule has 1 saturated heterocycles. The van der Waals surface area contributed by atoms with Crippen LogP contribution in [0.1, 0.15) is 42.2 Å². The maximum absolute atomic E-state index is 13.2. The van der Waals surface area contributed by atoms with E-state index < -0.39 is 28.1 Å². The fraction of sp³-hybridized carbons (Fsp3) is 0.476. The topological polar surface area (TPSA) is 120 Å². The number of piperidine rings is 1. The lowest BCUT2D eigenvalue weighted by atomic mass is 10.0. The van der Waals surface area contributed by atoms with E-state index in [0.717, 1.165) is 28.2 Å². The van der Waals surface area contributed by atoms with Crippen molar-refractivity contribution in [3.05, 3.63) is 33.5 Å². The third kappa shape index (κ3) is 4.63. The largest absolute Gasteiger partial charge is 0.450 e. The number of ether oxygens (including phenoxy) is 1. The highest BCUT2D eigenvalue weighted by Crippen LogP contribution is 2.37. The second kappa shape index (κ2) is 9.80. The molecule has 12 heteroatoms. The summed E-state index contributed by atoms with van der Waals surface area (Å²) in [6.07, 6.45) is 1.94. The van der Waals surface area contributed by atoms with Crippen LogP contribution in [0.25, 0.3) is 0 Å². The molecule has 4 rings (SSSR count). The second-order valence-corrected chi connectivity index (χ2v) is 11.9. The first-order chi connectivity index (χ1) is 15.9. The van der Waals surface area contributed by atoms with Crippen molar-refractivity contribution in [2.24, 2.45) is 0 Å². The van der Waals surface area contributed by atoms with E-state index in [1.807, 2.05) is 0 Å². The van der Waals surface area contributed by atoms with Crippen molar-refractivity contribution in [3.63, 3.8) is 0 Å². The summed E-state index contributed by atoms with van der Waals surface area (Å²) in [5.74, 6) is -0.438. The SMILES string of the molecule is CCOC(=O)N1CCc2c(sc(NC(=O)C3CCCCN3S(=O)(=O)c3cccs3)c2C#N)C1. The van der Waals surface area contributed by atoms with E-state index in [-0.39, 0.29) is 17.4 Å². The molecular formula is C21H24N4O5S3. The summed E-state index contributed by atoms with van der Waals surface area (Å²) in [4.78, 5) is 27.7. The number of anilines is 1. The Morgan fingerprint density at radius 1 is 1.33 bits per heavy atom. The molecule has 2 amide bonds. The lowest BCUT2D eigenvalue weighted by molar-refractivity contribution is -0.120. The maximum atomic E-state index is 13.2. The summed E-state index contributed by atoms with van der Waals surface area (Å²) in [6.45, 7) is 3.04. The van der Waals surface area contributed by atoms with Crippen molar-refractivity contribution < 1.29 is 22.7 Å². The van der Waals surface area contributed by atoms with Crippen LogP contribution in [0.5, 0.6) is 0 Å². The molecule has 33 heavy (non-hydrogen) atoms. The van der Waals surface area contributed by atoms with E-state index in [9.17, 15) is 23.3 Å². The lowest BCUT2D eigenvalue weighted by Crippen LogP contribution is -2.49. The molecule has 0 aromatic carbocycles. The predicted molar refractivity (Wildman–Crippen MR) is 125 cm³/mol. The van der Waals surface area contributed by atoms with Gasteiger partial charge in [-0.2, -0.15) is 9.57 Å². The van der Waals surface area contributed by atoms with Crippen LogP contribution in [-0.2, 0) is 32.5 Å². The minimum absolute atomic E-state index is 0.213. The van der Waals surface area contributed by atoms with E-state index in [1.165, 1.54) is 15.6 Å². The van der Waals surface area contributed by atoms with Gasteiger partial charge in [0.15, 0.2) is 0 Å². The first-order valence-corrected chi connectivity index (χ1v) is 13.8. The van der Waals surface area contributed by atoms with Gasteiger partial charge in [-0.15, -0.1) is 22.7 Å². The minimum atomic E-state index is -3.77. The van der Waals surface area contributed by atoms with Crippen LogP contribution in [0.2, 0.25) is 0 Å². The third-order valence-electron chi connectivity index (χ3n) is 5.75. The molecule has 1 fully saturated rings. The van der Waals surface area contributed by atoms with Gasteiger partial charge in [-0.1, -0.05) is 12.5 Å². The van der Waals surface area contributed by atoms with Crippen molar-refractivity contribution in [3.8, 4) is 6.07 Å². The van der Waals surface area contributed by atoms with E-state index >= 15 is 0 Å². The Morgan fingerprint density at radius 2 is 2.15 bits per heavy atom. The van der Waals surface area contributed by atoms with Crippen molar-refractivity contribution in [1.82, 2.24) is 9.21 Å². The van der Waals surface area contributed by atoms with Crippen LogP contribution in [0.15, 0.2) is 21.7 Å². The Bertz CT molecular complexity index is 1180. The number of nitrogens with one attached hydrogen (secondary N) is 1. The smallest absolute Gasteiger partial charge is 0.410 e. The van der Waals surface area contributed by atoms with Gasteiger partial charge in [-0.3, -0.25) is 4.79 Å². The highest BCUT2D eigenvalue weighted by molar-refractivity contribution is 7.91. The molecule has 2 aromatic rings. The fourth-order valence-corrected chi connectivity index (χ4v) is 8.15. The van der Waals surface area contributed by atoms with Crippen molar-refractivity contribution in [2.45, 2.75) is 49.4 Å². The Labute approximate surface area is 200 Å². The molecule has 0 aliphatic carbocycles. The Kier molecular flexibility index (Phi) is 7.04. The van der Waals surface area contributed by atoms with Crippen molar-refractivity contribution in [2.75, 3.05) is 25.0 Å². The van der Waals surface area contributed by atoms with Gasteiger partial charge in [-0.25, -0.2) is 13.2 Å². The van der Waals surface area contributed by atoms with Crippen LogP contribution in [0, 0.1) is 11.3 Å². The van der Waals surface area contributed by atoms with E-state index in [4.69, 9.17) is 4.74 Å². The average Bonchev–Trinajstić information content (AvgIpc) is 3.47. The molecule has 1 unspecified atom stereocenters. The van der Waals surface area contributed by atoms with Crippen LogP contribution >= 0.6 is 22.7 Å². The van der Waals surface area contributed by atoms with Gasteiger partial charge in [0.25, 0.3) is 10.0 Å². The summed E-state index contributed by atoms with van der Waals surface area (Å²) < 4.78 is 32.8. The number of rotatable bonds is 5. The van der Waals surface area contributed by atoms with Crippen molar-refractivity contribution >= 4 is 49.7 Å². The van der Waals surface area contributed by atoms with Crippen LogP contribution in [0.4, 0.5) is 9.80 Å². The quantitative estimate of drug-likeness (QED) is 0.661. The molecule has 0 radical (unpaired) electrons.